The fraction of sp³-hybridized carbons (Fsp3) is 0.458. The van der Waals surface area contributed by atoms with Gasteiger partial charge in [-0.05, 0) is 74.4 Å². The number of hydrogen-bond donors (Lipinski definition) is 0. The Hall–Kier alpha value is -2.38. The molecule has 2 aromatic carbocycles. The van der Waals surface area contributed by atoms with Crippen molar-refractivity contribution in [3.8, 4) is 0 Å². The van der Waals surface area contributed by atoms with Crippen LogP contribution in [0.25, 0.3) is 0 Å². The maximum absolute atomic E-state index is 13.3. The third-order valence-electron chi connectivity index (χ3n) is 6.83. The Morgan fingerprint density at radius 1 is 0.968 bits per heavy atom. The Balaban J connectivity index is 1.39. The van der Waals surface area contributed by atoms with Crippen LogP contribution in [0.3, 0.4) is 0 Å². The zero-order valence-corrected chi connectivity index (χ0v) is 18.8. The monoisotopic (exact) mass is 439 g/mol. The molecule has 0 aromatic heterocycles. The molecule has 1 fully saturated rings. The maximum Gasteiger partial charge on any atom is 0.246 e. The zero-order chi connectivity index (χ0) is 21.6. The number of rotatable bonds is 4. The lowest BCUT2D eigenvalue weighted by Crippen LogP contribution is -2.44. The standard InChI is InChI=1S/C24H29N3O3S/c1-18-15-19-7-2-3-9-22(19)27(18)17-24(28)26-14-6-8-20-16-21(10-11-23(20)26)31(29,30)25-12-4-5-13-25/h2-3,7,9-11,16,18H,4-6,8,12-15,17H2,1H3. The number of amides is 1. The molecule has 5 rings (SSSR count). The van der Waals surface area contributed by atoms with E-state index in [0.717, 1.165) is 49.0 Å². The van der Waals surface area contributed by atoms with Crippen molar-refractivity contribution < 1.29 is 13.2 Å². The Morgan fingerprint density at radius 2 is 1.74 bits per heavy atom. The lowest BCUT2D eigenvalue weighted by Gasteiger charge is -2.33. The van der Waals surface area contributed by atoms with Crippen molar-refractivity contribution in [1.82, 2.24) is 4.31 Å². The van der Waals surface area contributed by atoms with Crippen molar-refractivity contribution in [2.45, 2.75) is 50.0 Å². The van der Waals surface area contributed by atoms with Crippen molar-refractivity contribution in [2.75, 3.05) is 36.0 Å². The lowest BCUT2D eigenvalue weighted by atomic mass is 10.0. The SMILES string of the molecule is CC1Cc2ccccc2N1CC(=O)N1CCCc2cc(S(=O)(=O)N3CCCC3)ccc21. The highest BCUT2D eigenvalue weighted by Crippen LogP contribution is 2.34. The van der Waals surface area contributed by atoms with Gasteiger partial charge in [-0.2, -0.15) is 4.31 Å². The molecule has 0 radical (unpaired) electrons. The van der Waals surface area contributed by atoms with Crippen LogP contribution >= 0.6 is 0 Å². The highest BCUT2D eigenvalue weighted by Gasteiger charge is 2.32. The number of fused-ring (bicyclic) bond motifs is 2. The minimum Gasteiger partial charge on any atom is -0.359 e. The summed E-state index contributed by atoms with van der Waals surface area (Å²) in [5, 5.41) is 0. The summed E-state index contributed by atoms with van der Waals surface area (Å²) in [6.07, 6.45) is 4.44. The minimum atomic E-state index is -3.45. The first-order valence-electron chi connectivity index (χ1n) is 11.2. The topological polar surface area (TPSA) is 60.9 Å². The summed E-state index contributed by atoms with van der Waals surface area (Å²) in [5.41, 5.74) is 4.25. The van der Waals surface area contributed by atoms with Crippen LogP contribution in [0, 0.1) is 0 Å². The fourth-order valence-corrected chi connectivity index (χ4v) is 6.74. The quantitative estimate of drug-likeness (QED) is 0.734. The second-order valence-corrected chi connectivity index (χ2v) is 10.8. The lowest BCUT2D eigenvalue weighted by molar-refractivity contribution is -0.117. The molecule has 2 aromatic rings. The number of carbonyl (C=O) groups is 1. The number of aryl methyl sites for hydroxylation is 1. The number of benzene rings is 2. The molecule has 3 heterocycles. The van der Waals surface area contributed by atoms with Gasteiger partial charge in [0.05, 0.1) is 11.4 Å². The van der Waals surface area contributed by atoms with Crippen LogP contribution in [-0.2, 0) is 27.7 Å². The van der Waals surface area contributed by atoms with Crippen molar-refractivity contribution in [3.05, 3.63) is 53.6 Å². The zero-order valence-electron chi connectivity index (χ0n) is 18.0. The third kappa shape index (κ3) is 3.64. The average molecular weight is 440 g/mol. The molecule has 164 valence electrons. The molecular formula is C24H29N3O3S. The Morgan fingerprint density at radius 3 is 2.55 bits per heavy atom. The van der Waals surface area contributed by atoms with Gasteiger partial charge >= 0.3 is 0 Å². The van der Waals surface area contributed by atoms with Gasteiger partial charge in [-0.1, -0.05) is 18.2 Å². The first-order valence-corrected chi connectivity index (χ1v) is 12.7. The van der Waals surface area contributed by atoms with E-state index in [1.807, 2.05) is 23.1 Å². The van der Waals surface area contributed by atoms with Crippen LogP contribution < -0.4 is 9.80 Å². The second-order valence-electron chi connectivity index (χ2n) is 8.86. The first-order chi connectivity index (χ1) is 14.9. The smallest absolute Gasteiger partial charge is 0.246 e. The Labute approximate surface area is 184 Å². The normalized spacial score (nSPS) is 21.3. The van der Waals surface area contributed by atoms with Gasteiger partial charge in [-0.25, -0.2) is 8.42 Å². The van der Waals surface area contributed by atoms with E-state index in [1.165, 1.54) is 5.56 Å². The van der Waals surface area contributed by atoms with Gasteiger partial charge in [0.15, 0.2) is 0 Å². The predicted molar refractivity (Wildman–Crippen MR) is 122 cm³/mol. The van der Waals surface area contributed by atoms with E-state index < -0.39 is 10.0 Å². The molecule has 31 heavy (non-hydrogen) atoms. The van der Waals surface area contributed by atoms with E-state index in [1.54, 1.807) is 16.4 Å². The molecule has 0 spiro atoms. The van der Waals surface area contributed by atoms with Gasteiger partial charge in [0.25, 0.3) is 0 Å². The molecule has 0 aliphatic carbocycles. The molecule has 1 atom stereocenters. The van der Waals surface area contributed by atoms with Crippen LogP contribution in [0.4, 0.5) is 11.4 Å². The summed E-state index contributed by atoms with van der Waals surface area (Å²) in [4.78, 5) is 17.7. The number of nitrogens with zero attached hydrogens (tertiary/aromatic N) is 3. The van der Waals surface area contributed by atoms with Crippen LogP contribution in [-0.4, -0.2) is 50.9 Å². The van der Waals surface area contributed by atoms with Crippen LogP contribution in [0.2, 0.25) is 0 Å². The number of para-hydroxylation sites is 1. The molecule has 6 nitrogen and oxygen atoms in total. The molecular weight excluding hydrogens is 410 g/mol. The maximum atomic E-state index is 13.3. The summed E-state index contributed by atoms with van der Waals surface area (Å²) >= 11 is 0. The molecule has 7 heteroatoms. The van der Waals surface area contributed by atoms with Gasteiger partial charge in [0.2, 0.25) is 15.9 Å². The first kappa shape index (κ1) is 20.5. The molecule has 0 saturated carbocycles. The summed E-state index contributed by atoms with van der Waals surface area (Å²) in [6.45, 7) is 4.37. The third-order valence-corrected chi connectivity index (χ3v) is 8.72. The van der Waals surface area contributed by atoms with E-state index in [0.29, 0.717) is 37.1 Å². The van der Waals surface area contributed by atoms with E-state index in [9.17, 15) is 13.2 Å². The van der Waals surface area contributed by atoms with Crippen LogP contribution in [0.1, 0.15) is 37.3 Å². The molecule has 1 unspecified atom stereocenters. The average Bonchev–Trinajstić information content (AvgIpc) is 3.42. The minimum absolute atomic E-state index is 0.0691. The number of carbonyl (C=O) groups excluding carboxylic acids is 1. The summed E-state index contributed by atoms with van der Waals surface area (Å²) in [7, 11) is -3.45. The summed E-state index contributed by atoms with van der Waals surface area (Å²) in [6, 6.07) is 13.9. The van der Waals surface area contributed by atoms with Crippen molar-refractivity contribution >= 4 is 27.3 Å². The van der Waals surface area contributed by atoms with Gasteiger partial charge in [0.1, 0.15) is 0 Å². The fourth-order valence-electron chi connectivity index (χ4n) is 5.17. The van der Waals surface area contributed by atoms with Crippen LogP contribution in [0.15, 0.2) is 47.4 Å². The van der Waals surface area contributed by atoms with Crippen molar-refractivity contribution in [2.24, 2.45) is 0 Å². The van der Waals surface area contributed by atoms with Gasteiger partial charge < -0.3 is 9.80 Å². The highest BCUT2D eigenvalue weighted by atomic mass is 32.2. The molecule has 0 N–H and O–H groups in total. The second kappa shape index (κ2) is 7.95. The van der Waals surface area contributed by atoms with Crippen molar-refractivity contribution in [1.29, 1.82) is 0 Å². The predicted octanol–water partition coefficient (Wildman–Crippen LogP) is 3.20. The van der Waals surface area contributed by atoms with E-state index in [4.69, 9.17) is 0 Å². The van der Waals surface area contributed by atoms with Gasteiger partial charge in [-0.3, -0.25) is 4.79 Å². The highest BCUT2D eigenvalue weighted by molar-refractivity contribution is 7.89. The Bertz CT molecular complexity index is 1110. The molecule has 0 bridgehead atoms. The van der Waals surface area contributed by atoms with E-state index in [2.05, 4.69) is 24.0 Å². The Kier molecular flexibility index (Phi) is 5.26. The summed E-state index contributed by atoms with van der Waals surface area (Å²) < 4.78 is 27.5. The molecule has 3 aliphatic heterocycles. The largest absolute Gasteiger partial charge is 0.359 e. The molecule has 3 aliphatic rings. The van der Waals surface area contributed by atoms with E-state index >= 15 is 0 Å². The van der Waals surface area contributed by atoms with Gasteiger partial charge in [0, 0.05) is 37.1 Å². The summed E-state index contributed by atoms with van der Waals surface area (Å²) in [5.74, 6) is 0.0691. The number of hydrogen-bond acceptors (Lipinski definition) is 4. The number of sulfonamides is 1. The molecule has 1 amide bonds. The number of anilines is 2. The van der Waals surface area contributed by atoms with Gasteiger partial charge in [-0.15, -0.1) is 0 Å². The van der Waals surface area contributed by atoms with Crippen molar-refractivity contribution in [3.63, 3.8) is 0 Å². The molecule has 1 saturated heterocycles. The van der Waals surface area contributed by atoms with E-state index in [-0.39, 0.29) is 5.91 Å². The van der Waals surface area contributed by atoms with Crippen LogP contribution in [0.5, 0.6) is 0 Å².